The first-order chi connectivity index (χ1) is 15.5. The number of likely N-dealkylation sites (tertiary alicyclic amines) is 1. The molecule has 164 valence electrons. The van der Waals surface area contributed by atoms with Crippen molar-refractivity contribution >= 4 is 23.5 Å². The summed E-state index contributed by atoms with van der Waals surface area (Å²) in [6.07, 6.45) is 5.72. The Bertz CT molecular complexity index is 1030. The van der Waals surface area contributed by atoms with Gasteiger partial charge in [0.25, 0.3) is 0 Å². The Hall–Kier alpha value is -3.41. The zero-order valence-electron chi connectivity index (χ0n) is 18.0. The van der Waals surface area contributed by atoms with E-state index < -0.39 is 12.2 Å². The maximum atomic E-state index is 13.4. The van der Waals surface area contributed by atoms with E-state index in [0.29, 0.717) is 12.1 Å². The zero-order valence-corrected chi connectivity index (χ0v) is 18.0. The summed E-state index contributed by atoms with van der Waals surface area (Å²) >= 11 is 0. The lowest BCUT2D eigenvalue weighted by atomic mass is 9.63. The minimum Gasteiger partial charge on any atom is -0.317 e. The first kappa shape index (κ1) is 20.5. The fourth-order valence-corrected chi connectivity index (χ4v) is 5.40. The van der Waals surface area contributed by atoms with E-state index in [0.717, 1.165) is 24.0 Å². The summed E-state index contributed by atoms with van der Waals surface area (Å²) in [6, 6.07) is 16.7. The Morgan fingerprint density at radius 1 is 0.938 bits per heavy atom. The molecule has 6 nitrogen and oxygen atoms in total. The van der Waals surface area contributed by atoms with Crippen LogP contribution in [-0.4, -0.2) is 28.9 Å². The van der Waals surface area contributed by atoms with Gasteiger partial charge in [-0.05, 0) is 49.3 Å². The standard InChI is InChI=1S/C26H27N3O3/c1-16-7-13-20(14-8-16)27-26(32)28-21(15-17-5-3-2-4-6-17)29-24(30)22-18-9-10-19(12-11-18)23(22)25(29)31/h2-10,13-14,18-19,21-23H,11-12,15H2,1H3,(H2,27,28,32)/t18-,19-,21+,22-,23+/m0/s1. The largest absolute Gasteiger partial charge is 0.320 e. The number of imide groups is 1. The highest BCUT2D eigenvalue weighted by atomic mass is 16.2. The smallest absolute Gasteiger partial charge is 0.317 e. The van der Waals surface area contributed by atoms with Gasteiger partial charge in [0.15, 0.2) is 0 Å². The van der Waals surface area contributed by atoms with E-state index in [1.165, 1.54) is 4.90 Å². The Labute approximate surface area is 187 Å². The number of allylic oxidation sites excluding steroid dienone is 2. The lowest BCUT2D eigenvalue weighted by molar-refractivity contribution is -0.143. The van der Waals surface area contributed by atoms with Crippen molar-refractivity contribution in [2.45, 2.75) is 32.4 Å². The van der Waals surface area contributed by atoms with Crippen molar-refractivity contribution in [3.8, 4) is 0 Å². The molecule has 0 spiro atoms. The Morgan fingerprint density at radius 2 is 1.53 bits per heavy atom. The molecular formula is C26H27N3O3. The van der Waals surface area contributed by atoms with Gasteiger partial charge in [0, 0.05) is 12.1 Å². The van der Waals surface area contributed by atoms with Crippen LogP contribution in [0.4, 0.5) is 10.5 Å². The van der Waals surface area contributed by atoms with Crippen LogP contribution in [0.25, 0.3) is 0 Å². The molecule has 2 aromatic rings. The van der Waals surface area contributed by atoms with Crippen molar-refractivity contribution in [3.05, 3.63) is 77.9 Å². The van der Waals surface area contributed by atoms with Crippen LogP contribution in [0.15, 0.2) is 66.7 Å². The van der Waals surface area contributed by atoms with E-state index in [9.17, 15) is 14.4 Å². The van der Waals surface area contributed by atoms with Crippen LogP contribution in [0.1, 0.15) is 24.0 Å². The quantitative estimate of drug-likeness (QED) is 0.559. The van der Waals surface area contributed by atoms with Crippen LogP contribution in [0.2, 0.25) is 0 Å². The van der Waals surface area contributed by atoms with Gasteiger partial charge in [0.2, 0.25) is 11.8 Å². The Morgan fingerprint density at radius 3 is 2.09 bits per heavy atom. The van der Waals surface area contributed by atoms with Crippen molar-refractivity contribution in [3.63, 3.8) is 0 Å². The third-order valence-electron chi connectivity index (χ3n) is 6.98. The van der Waals surface area contributed by atoms with Gasteiger partial charge in [-0.25, -0.2) is 4.79 Å². The fraction of sp³-hybridized carbons (Fsp3) is 0.346. The number of rotatable bonds is 5. The number of aryl methyl sites for hydroxylation is 1. The SMILES string of the molecule is Cc1ccc(NC(=O)N[C@@H](Cc2ccccc2)N2C(=O)[C@@H]3[C@H](C2=O)[C@H]2C=C[C@H]3CC2)cc1. The molecule has 1 saturated carbocycles. The van der Waals surface area contributed by atoms with E-state index in [2.05, 4.69) is 22.8 Å². The fourth-order valence-electron chi connectivity index (χ4n) is 5.40. The molecule has 2 fully saturated rings. The summed E-state index contributed by atoms with van der Waals surface area (Å²) in [6.45, 7) is 1.98. The summed E-state index contributed by atoms with van der Waals surface area (Å²) in [4.78, 5) is 41.1. The van der Waals surface area contributed by atoms with Crippen LogP contribution in [0.5, 0.6) is 0 Å². The number of nitrogens with zero attached hydrogens (tertiary/aromatic N) is 1. The lowest BCUT2D eigenvalue weighted by Crippen LogP contribution is -2.53. The van der Waals surface area contributed by atoms with Crippen LogP contribution in [0, 0.1) is 30.6 Å². The number of nitrogens with one attached hydrogen (secondary N) is 2. The molecule has 6 heteroatoms. The van der Waals surface area contributed by atoms with Crippen LogP contribution < -0.4 is 10.6 Å². The normalized spacial score (nSPS) is 26.7. The molecule has 5 atom stereocenters. The van der Waals surface area contributed by atoms with E-state index in [1.807, 2.05) is 61.5 Å². The van der Waals surface area contributed by atoms with Gasteiger partial charge in [-0.15, -0.1) is 0 Å². The van der Waals surface area contributed by atoms with E-state index in [4.69, 9.17) is 0 Å². The van der Waals surface area contributed by atoms with Crippen LogP contribution in [0.3, 0.4) is 0 Å². The second-order valence-corrected chi connectivity index (χ2v) is 9.06. The minimum atomic E-state index is -0.743. The van der Waals surface area contributed by atoms with Crippen molar-refractivity contribution in [1.29, 1.82) is 0 Å². The van der Waals surface area contributed by atoms with Crippen LogP contribution >= 0.6 is 0 Å². The number of hydrogen-bond acceptors (Lipinski definition) is 3. The van der Waals surface area contributed by atoms with Gasteiger partial charge in [-0.2, -0.15) is 0 Å². The molecule has 4 aliphatic rings. The number of carbonyl (C=O) groups is 3. The second kappa shape index (κ2) is 8.26. The van der Waals surface area contributed by atoms with E-state index in [1.54, 1.807) is 0 Å². The molecule has 3 aliphatic carbocycles. The Balaban J connectivity index is 1.40. The van der Waals surface area contributed by atoms with Crippen LogP contribution in [-0.2, 0) is 16.0 Å². The molecule has 0 unspecified atom stereocenters. The van der Waals surface area contributed by atoms with Crippen molar-refractivity contribution in [1.82, 2.24) is 10.2 Å². The van der Waals surface area contributed by atoms with Crippen molar-refractivity contribution in [2.24, 2.45) is 23.7 Å². The Kier molecular flexibility index (Phi) is 5.29. The number of benzene rings is 2. The maximum absolute atomic E-state index is 13.4. The molecule has 2 aromatic carbocycles. The third kappa shape index (κ3) is 3.70. The molecule has 1 heterocycles. The molecule has 4 amide bonds. The van der Waals surface area contributed by atoms with E-state index >= 15 is 0 Å². The zero-order chi connectivity index (χ0) is 22.2. The highest BCUT2D eigenvalue weighted by Crippen LogP contribution is 2.50. The maximum Gasteiger partial charge on any atom is 0.320 e. The number of hydrogen-bond donors (Lipinski definition) is 2. The molecule has 32 heavy (non-hydrogen) atoms. The highest BCUT2D eigenvalue weighted by Gasteiger charge is 2.58. The predicted octanol–water partition coefficient (Wildman–Crippen LogP) is 3.88. The number of fused-ring (bicyclic) bond motifs is 1. The molecular weight excluding hydrogens is 402 g/mol. The predicted molar refractivity (Wildman–Crippen MR) is 121 cm³/mol. The second-order valence-electron chi connectivity index (χ2n) is 9.06. The first-order valence-electron chi connectivity index (χ1n) is 11.2. The molecule has 0 radical (unpaired) electrons. The van der Waals surface area contributed by atoms with Crippen molar-refractivity contribution in [2.75, 3.05) is 5.32 Å². The highest BCUT2D eigenvalue weighted by molar-refractivity contribution is 6.06. The molecule has 2 bridgehead atoms. The summed E-state index contributed by atoms with van der Waals surface area (Å²) in [7, 11) is 0. The van der Waals surface area contributed by atoms with Gasteiger partial charge in [0.05, 0.1) is 11.8 Å². The van der Waals surface area contributed by atoms with Gasteiger partial charge < -0.3 is 10.6 Å². The summed E-state index contributed by atoms with van der Waals surface area (Å²) in [5.41, 5.74) is 2.70. The number of carbonyl (C=O) groups excluding carboxylic acids is 3. The van der Waals surface area contributed by atoms with Crippen molar-refractivity contribution < 1.29 is 14.4 Å². The van der Waals surface area contributed by atoms with Gasteiger partial charge in [-0.1, -0.05) is 60.2 Å². The lowest BCUT2D eigenvalue weighted by Gasteiger charge is -2.38. The first-order valence-corrected chi connectivity index (χ1v) is 11.2. The van der Waals surface area contributed by atoms with Gasteiger partial charge >= 0.3 is 6.03 Å². The monoisotopic (exact) mass is 429 g/mol. The van der Waals surface area contributed by atoms with E-state index in [-0.39, 0.29) is 35.5 Å². The molecule has 6 rings (SSSR count). The number of urea groups is 1. The molecule has 0 aromatic heterocycles. The average Bonchev–Trinajstić information content (AvgIpc) is 3.09. The summed E-state index contributed by atoms with van der Waals surface area (Å²) in [5.74, 6) is -0.681. The topological polar surface area (TPSA) is 78.5 Å². The molecule has 1 saturated heterocycles. The molecule has 1 aliphatic heterocycles. The minimum absolute atomic E-state index is 0.116. The third-order valence-corrected chi connectivity index (χ3v) is 6.98. The average molecular weight is 430 g/mol. The summed E-state index contributed by atoms with van der Waals surface area (Å²) in [5, 5.41) is 5.72. The number of amides is 4. The number of anilines is 1. The van der Waals surface area contributed by atoms with Gasteiger partial charge in [-0.3, -0.25) is 14.5 Å². The van der Waals surface area contributed by atoms with Gasteiger partial charge in [0.1, 0.15) is 6.17 Å². The molecule has 2 N–H and O–H groups in total. The summed E-state index contributed by atoms with van der Waals surface area (Å²) < 4.78 is 0.